The van der Waals surface area contributed by atoms with Gasteiger partial charge in [0, 0.05) is 19.0 Å². The average molecular weight is 351 g/mol. The van der Waals surface area contributed by atoms with Gasteiger partial charge in [-0.15, -0.1) is 0 Å². The Morgan fingerprint density at radius 3 is 2.62 bits per heavy atom. The van der Waals surface area contributed by atoms with Crippen molar-refractivity contribution < 1.29 is 14.1 Å². The molecule has 6 nitrogen and oxygen atoms in total. The van der Waals surface area contributed by atoms with Crippen LogP contribution in [0, 0.1) is 12.8 Å². The number of ether oxygens (including phenoxy) is 1. The number of likely N-dealkylation sites (tertiary alicyclic amines) is 1. The summed E-state index contributed by atoms with van der Waals surface area (Å²) in [5.41, 5.74) is -0.105. The van der Waals surface area contributed by atoms with E-state index in [1.54, 1.807) is 0 Å². The number of amides is 1. The number of carbonyl (C=O) groups is 1. The summed E-state index contributed by atoms with van der Waals surface area (Å²) in [7, 11) is 0. The van der Waals surface area contributed by atoms with Crippen molar-refractivity contribution in [2.24, 2.45) is 5.92 Å². The van der Waals surface area contributed by atoms with Crippen molar-refractivity contribution in [2.45, 2.75) is 57.2 Å². The first kappa shape index (κ1) is 16.4. The highest BCUT2D eigenvalue weighted by atomic mass is 32.2. The third-order valence-electron chi connectivity index (χ3n) is 5.63. The molecule has 3 aliphatic heterocycles. The molecule has 0 saturated carbocycles. The van der Waals surface area contributed by atoms with Crippen LogP contribution in [-0.4, -0.2) is 51.1 Å². The van der Waals surface area contributed by atoms with Crippen LogP contribution < -0.4 is 0 Å². The Kier molecular flexibility index (Phi) is 4.56. The van der Waals surface area contributed by atoms with E-state index >= 15 is 0 Å². The van der Waals surface area contributed by atoms with Crippen LogP contribution in [0.3, 0.4) is 0 Å². The fourth-order valence-electron chi connectivity index (χ4n) is 4.14. The summed E-state index contributed by atoms with van der Waals surface area (Å²) in [5, 5.41) is 3.86. The number of hydrogen-bond acceptors (Lipinski definition) is 6. The van der Waals surface area contributed by atoms with E-state index in [1.165, 1.54) is 0 Å². The molecule has 0 aliphatic carbocycles. The summed E-state index contributed by atoms with van der Waals surface area (Å²) in [6.07, 6.45) is 5.79. The second-order valence-corrected chi connectivity index (χ2v) is 8.44. The van der Waals surface area contributed by atoms with Gasteiger partial charge in [-0.05, 0) is 57.0 Å². The third-order valence-corrected chi connectivity index (χ3v) is 6.68. The Bertz CT molecular complexity index is 592. The van der Waals surface area contributed by atoms with Crippen molar-refractivity contribution in [2.75, 3.05) is 24.6 Å². The highest BCUT2D eigenvalue weighted by Crippen LogP contribution is 2.44. The fraction of sp³-hybridized carbons (Fsp3) is 0.824. The lowest BCUT2D eigenvalue weighted by Crippen LogP contribution is -2.48. The van der Waals surface area contributed by atoms with Crippen molar-refractivity contribution in [1.29, 1.82) is 0 Å². The maximum atomic E-state index is 12.7. The highest BCUT2D eigenvalue weighted by molar-refractivity contribution is 7.99. The molecule has 0 N–H and O–H groups in total. The van der Waals surface area contributed by atoms with E-state index in [4.69, 9.17) is 9.26 Å². The number of aryl methyl sites for hydroxylation is 1. The standard InChI is InChI=1S/C17H25N3O3S/c1-12-18-15(23-19-12)14-2-5-17(22-14)6-8-20(9-7-17)16(21)13-3-10-24-11-4-13/h13-14H,2-11H2,1H3. The first-order valence-electron chi connectivity index (χ1n) is 9.00. The molecule has 1 atom stereocenters. The quantitative estimate of drug-likeness (QED) is 0.816. The van der Waals surface area contributed by atoms with Gasteiger partial charge in [-0.1, -0.05) is 5.16 Å². The minimum atomic E-state index is -0.105. The topological polar surface area (TPSA) is 68.5 Å². The number of nitrogens with zero attached hydrogens (tertiary/aromatic N) is 3. The molecule has 7 heteroatoms. The second-order valence-electron chi connectivity index (χ2n) is 7.22. The lowest BCUT2D eigenvalue weighted by molar-refractivity contribution is -0.142. The zero-order valence-corrected chi connectivity index (χ0v) is 15.0. The molecule has 0 aromatic carbocycles. The molecule has 1 aromatic heterocycles. The second kappa shape index (κ2) is 6.67. The van der Waals surface area contributed by atoms with E-state index < -0.39 is 0 Å². The van der Waals surface area contributed by atoms with Crippen LogP contribution >= 0.6 is 11.8 Å². The Labute approximate surface area is 146 Å². The van der Waals surface area contributed by atoms with Gasteiger partial charge in [-0.25, -0.2) is 0 Å². The Morgan fingerprint density at radius 1 is 1.21 bits per heavy atom. The number of carbonyl (C=O) groups excluding carboxylic acids is 1. The van der Waals surface area contributed by atoms with Gasteiger partial charge in [-0.2, -0.15) is 16.7 Å². The van der Waals surface area contributed by atoms with Gasteiger partial charge >= 0.3 is 0 Å². The van der Waals surface area contributed by atoms with Crippen molar-refractivity contribution in [3.8, 4) is 0 Å². The zero-order chi connectivity index (χ0) is 16.6. The molecule has 4 rings (SSSR count). The molecular weight excluding hydrogens is 326 g/mol. The summed E-state index contributed by atoms with van der Waals surface area (Å²) in [6, 6.07) is 0. The van der Waals surface area contributed by atoms with Crippen LogP contribution in [0.2, 0.25) is 0 Å². The SMILES string of the molecule is Cc1noc(C2CCC3(CCN(C(=O)C4CCSCC4)CC3)O2)n1. The van der Waals surface area contributed by atoms with Gasteiger partial charge in [0.1, 0.15) is 6.10 Å². The molecule has 1 aromatic rings. The van der Waals surface area contributed by atoms with E-state index in [1.807, 2.05) is 18.7 Å². The number of rotatable bonds is 2. The van der Waals surface area contributed by atoms with Gasteiger partial charge in [-0.3, -0.25) is 4.79 Å². The Hall–Kier alpha value is -1.08. The van der Waals surface area contributed by atoms with Gasteiger partial charge in [0.05, 0.1) is 5.60 Å². The lowest BCUT2D eigenvalue weighted by atomic mass is 9.87. The smallest absolute Gasteiger partial charge is 0.255 e. The summed E-state index contributed by atoms with van der Waals surface area (Å²) in [4.78, 5) is 19.1. The van der Waals surface area contributed by atoms with Crippen LogP contribution in [0.4, 0.5) is 0 Å². The van der Waals surface area contributed by atoms with Crippen molar-refractivity contribution in [1.82, 2.24) is 15.0 Å². The number of piperidine rings is 1. The van der Waals surface area contributed by atoms with E-state index in [9.17, 15) is 4.79 Å². The summed E-state index contributed by atoms with van der Waals surface area (Å²) in [6.45, 7) is 3.46. The molecule has 0 radical (unpaired) electrons. The van der Waals surface area contributed by atoms with Crippen molar-refractivity contribution >= 4 is 17.7 Å². The molecule has 1 amide bonds. The molecule has 4 heterocycles. The van der Waals surface area contributed by atoms with E-state index in [0.29, 0.717) is 17.6 Å². The van der Waals surface area contributed by atoms with Crippen LogP contribution in [0.25, 0.3) is 0 Å². The minimum Gasteiger partial charge on any atom is -0.362 e. The molecule has 24 heavy (non-hydrogen) atoms. The zero-order valence-electron chi connectivity index (χ0n) is 14.2. The van der Waals surface area contributed by atoms with Gasteiger partial charge in [0.2, 0.25) is 5.91 Å². The molecule has 0 bridgehead atoms. The largest absolute Gasteiger partial charge is 0.362 e. The van der Waals surface area contributed by atoms with Crippen molar-refractivity contribution in [3.05, 3.63) is 11.7 Å². The fourth-order valence-corrected chi connectivity index (χ4v) is 5.24. The van der Waals surface area contributed by atoms with Crippen molar-refractivity contribution in [3.63, 3.8) is 0 Å². The highest BCUT2D eigenvalue weighted by Gasteiger charge is 2.45. The minimum absolute atomic E-state index is 0.0798. The number of hydrogen-bond donors (Lipinski definition) is 0. The van der Waals surface area contributed by atoms with Crippen LogP contribution in [0.1, 0.15) is 56.3 Å². The first-order chi connectivity index (χ1) is 11.7. The van der Waals surface area contributed by atoms with Crippen LogP contribution in [0.5, 0.6) is 0 Å². The summed E-state index contributed by atoms with van der Waals surface area (Å²) < 4.78 is 11.6. The predicted octanol–water partition coefficient (Wildman–Crippen LogP) is 2.73. The first-order valence-corrected chi connectivity index (χ1v) is 10.2. The normalized spacial score (nSPS) is 27.7. The number of aromatic nitrogens is 2. The van der Waals surface area contributed by atoms with E-state index in [-0.39, 0.29) is 17.6 Å². The van der Waals surface area contributed by atoms with E-state index in [0.717, 1.165) is 63.1 Å². The summed E-state index contributed by atoms with van der Waals surface area (Å²) >= 11 is 1.97. The van der Waals surface area contributed by atoms with E-state index in [2.05, 4.69) is 15.0 Å². The Balaban J connectivity index is 1.33. The molecular formula is C17H25N3O3S. The lowest BCUT2D eigenvalue weighted by Gasteiger charge is -2.40. The van der Waals surface area contributed by atoms with Gasteiger partial charge in [0.25, 0.3) is 5.89 Å². The maximum absolute atomic E-state index is 12.7. The average Bonchev–Trinajstić information content (AvgIpc) is 3.23. The molecule has 3 aliphatic rings. The van der Waals surface area contributed by atoms with Crippen LogP contribution in [0.15, 0.2) is 4.52 Å². The number of thioether (sulfide) groups is 1. The molecule has 1 unspecified atom stereocenters. The maximum Gasteiger partial charge on any atom is 0.255 e. The third kappa shape index (κ3) is 3.20. The Morgan fingerprint density at radius 2 is 1.96 bits per heavy atom. The molecule has 3 saturated heterocycles. The van der Waals surface area contributed by atoms with Gasteiger partial charge in [0.15, 0.2) is 5.82 Å². The summed E-state index contributed by atoms with van der Waals surface area (Å²) in [5.74, 6) is 4.12. The predicted molar refractivity (Wildman–Crippen MR) is 90.7 cm³/mol. The molecule has 3 fully saturated rings. The van der Waals surface area contributed by atoms with Gasteiger partial charge < -0.3 is 14.2 Å². The monoisotopic (exact) mass is 351 g/mol. The molecule has 1 spiro atoms. The molecule has 132 valence electrons. The van der Waals surface area contributed by atoms with Crippen LogP contribution in [-0.2, 0) is 9.53 Å².